The summed E-state index contributed by atoms with van der Waals surface area (Å²) < 4.78 is 11.2. The van der Waals surface area contributed by atoms with Crippen LogP contribution in [0.25, 0.3) is 0 Å². The van der Waals surface area contributed by atoms with Gasteiger partial charge in [0.2, 0.25) is 0 Å². The lowest BCUT2D eigenvalue weighted by Crippen LogP contribution is -2.45. The summed E-state index contributed by atoms with van der Waals surface area (Å²) in [6.45, 7) is 2.42. The lowest BCUT2D eigenvalue weighted by atomic mass is 9.76. The highest BCUT2D eigenvalue weighted by Crippen LogP contribution is 2.43. The number of rotatable bonds is 6. The molecule has 7 nitrogen and oxygen atoms in total. The number of amides is 1. The summed E-state index contributed by atoms with van der Waals surface area (Å²) in [5.74, 6) is 0.216. The van der Waals surface area contributed by atoms with Crippen LogP contribution in [0.5, 0.6) is 5.75 Å². The Hall–Kier alpha value is -1.25. The second kappa shape index (κ2) is 11.4. The molecule has 1 spiro atoms. The number of benzene rings is 1. The first-order valence-electron chi connectivity index (χ1n) is 9.62. The molecular weight excluding hydrogens is 453 g/mol. The van der Waals surface area contributed by atoms with Crippen LogP contribution < -0.4 is 10.5 Å². The third kappa shape index (κ3) is 5.92. The first-order valence-corrected chi connectivity index (χ1v) is 10.00. The molecule has 1 unspecified atom stereocenters. The van der Waals surface area contributed by atoms with Gasteiger partial charge in [-0.25, -0.2) is 0 Å². The molecule has 1 atom stereocenters. The van der Waals surface area contributed by atoms with Gasteiger partial charge in [-0.1, -0.05) is 11.6 Å². The van der Waals surface area contributed by atoms with Gasteiger partial charge in [-0.15, -0.1) is 24.8 Å². The first-order chi connectivity index (χ1) is 13.3. The van der Waals surface area contributed by atoms with E-state index in [9.17, 15) is 9.59 Å². The van der Waals surface area contributed by atoms with Crippen molar-refractivity contribution in [1.29, 1.82) is 0 Å². The van der Waals surface area contributed by atoms with Gasteiger partial charge >= 0.3 is 5.97 Å². The van der Waals surface area contributed by atoms with E-state index in [0.29, 0.717) is 61.8 Å². The molecule has 3 rings (SSSR count). The van der Waals surface area contributed by atoms with Crippen LogP contribution in [0, 0.1) is 5.41 Å². The van der Waals surface area contributed by atoms with E-state index in [1.54, 1.807) is 23.1 Å². The molecule has 2 aliphatic rings. The van der Waals surface area contributed by atoms with Crippen LogP contribution in [-0.4, -0.2) is 74.7 Å². The van der Waals surface area contributed by atoms with Crippen molar-refractivity contribution in [1.82, 2.24) is 9.80 Å². The molecule has 2 N–H and O–H groups in total. The van der Waals surface area contributed by atoms with E-state index in [1.165, 1.54) is 0 Å². The highest BCUT2D eigenvalue weighted by Gasteiger charge is 2.50. The maximum absolute atomic E-state index is 13.1. The van der Waals surface area contributed by atoms with Crippen molar-refractivity contribution in [2.45, 2.75) is 25.4 Å². The second-order valence-electron chi connectivity index (χ2n) is 7.84. The monoisotopic (exact) mass is 481 g/mol. The lowest BCUT2D eigenvalue weighted by Gasteiger charge is -2.36. The zero-order valence-electron chi connectivity index (χ0n) is 17.3. The van der Waals surface area contributed by atoms with Crippen LogP contribution in [0.15, 0.2) is 18.2 Å². The number of halogens is 3. The smallest absolute Gasteiger partial charge is 0.312 e. The van der Waals surface area contributed by atoms with E-state index in [0.717, 1.165) is 6.54 Å². The van der Waals surface area contributed by atoms with Crippen molar-refractivity contribution in [3.05, 3.63) is 28.8 Å². The minimum Gasteiger partial charge on any atom is -0.491 e. The van der Waals surface area contributed by atoms with Crippen molar-refractivity contribution in [3.8, 4) is 5.75 Å². The third-order valence-electron chi connectivity index (χ3n) is 5.45. The van der Waals surface area contributed by atoms with Crippen LogP contribution >= 0.6 is 36.4 Å². The molecule has 1 aromatic rings. The summed E-state index contributed by atoms with van der Waals surface area (Å²) in [4.78, 5) is 29.4. The van der Waals surface area contributed by atoms with Gasteiger partial charge in [0.1, 0.15) is 18.5 Å². The van der Waals surface area contributed by atoms with E-state index >= 15 is 0 Å². The molecular formula is C20H30Cl3N3O4. The van der Waals surface area contributed by atoms with Crippen molar-refractivity contribution in [2.75, 3.05) is 46.9 Å². The summed E-state index contributed by atoms with van der Waals surface area (Å²) >= 11 is 6.09. The molecule has 2 fully saturated rings. The fourth-order valence-electron chi connectivity index (χ4n) is 4.03. The number of esters is 1. The van der Waals surface area contributed by atoms with Gasteiger partial charge in [0, 0.05) is 37.6 Å². The second-order valence-corrected chi connectivity index (χ2v) is 8.28. The van der Waals surface area contributed by atoms with Gasteiger partial charge in [-0.05, 0) is 45.1 Å². The number of hydrogen-bond donors (Lipinski definition) is 1. The quantitative estimate of drug-likeness (QED) is 0.628. The Morgan fingerprint density at radius 1 is 1.33 bits per heavy atom. The Kier molecular flexibility index (Phi) is 10.2. The number of cyclic esters (lactones) is 1. The van der Waals surface area contributed by atoms with Gasteiger partial charge < -0.3 is 25.0 Å². The van der Waals surface area contributed by atoms with E-state index in [2.05, 4.69) is 0 Å². The number of carbonyl (C=O) groups excluding carboxylic acids is 2. The topological polar surface area (TPSA) is 85.1 Å². The predicted octanol–water partition coefficient (Wildman–Crippen LogP) is 2.62. The standard InChI is InChI=1S/C20H28ClN3O4.2ClH/c1-23(2)13-15-12-20(19(26)28-15)5-8-24(9-6-20)18(25)16-11-14(21)3-4-17(16)27-10-7-22;;/h3-4,11,15H,5-10,12-13,22H2,1-2H3;2*1H. The van der Waals surface area contributed by atoms with Gasteiger partial charge in [0.25, 0.3) is 5.91 Å². The number of likely N-dealkylation sites (N-methyl/N-ethyl adjacent to an activating group) is 1. The Morgan fingerprint density at radius 3 is 2.60 bits per heavy atom. The van der Waals surface area contributed by atoms with Crippen LogP contribution in [0.1, 0.15) is 29.6 Å². The van der Waals surface area contributed by atoms with Crippen LogP contribution in [-0.2, 0) is 9.53 Å². The van der Waals surface area contributed by atoms with Crippen molar-refractivity contribution in [3.63, 3.8) is 0 Å². The minimum absolute atomic E-state index is 0. The van der Waals surface area contributed by atoms with E-state index < -0.39 is 5.41 Å². The fraction of sp³-hybridized carbons (Fsp3) is 0.600. The highest BCUT2D eigenvalue weighted by atomic mass is 35.5. The summed E-state index contributed by atoms with van der Waals surface area (Å²) in [6, 6.07) is 5.00. The fourth-order valence-corrected chi connectivity index (χ4v) is 4.20. The summed E-state index contributed by atoms with van der Waals surface area (Å²) in [5.41, 5.74) is 5.46. The molecule has 1 amide bonds. The number of ether oxygens (including phenoxy) is 2. The Morgan fingerprint density at radius 2 is 2.00 bits per heavy atom. The van der Waals surface area contributed by atoms with Crippen LogP contribution in [0.3, 0.4) is 0 Å². The number of hydrogen-bond acceptors (Lipinski definition) is 6. The van der Waals surface area contributed by atoms with Gasteiger partial charge in [-0.2, -0.15) is 0 Å². The predicted molar refractivity (Wildman–Crippen MR) is 121 cm³/mol. The molecule has 2 saturated heterocycles. The molecule has 0 radical (unpaired) electrons. The minimum atomic E-state index is -0.468. The third-order valence-corrected chi connectivity index (χ3v) is 5.68. The molecule has 0 aliphatic carbocycles. The Labute approximate surface area is 195 Å². The lowest BCUT2D eigenvalue weighted by molar-refractivity contribution is -0.150. The van der Waals surface area contributed by atoms with Crippen molar-refractivity contribution in [2.24, 2.45) is 11.1 Å². The normalized spacial score (nSPS) is 19.8. The first kappa shape index (κ1) is 26.8. The van der Waals surface area contributed by atoms with E-state index in [1.807, 2.05) is 19.0 Å². The molecule has 2 aliphatic heterocycles. The SMILES string of the molecule is CN(C)CC1CC2(CCN(C(=O)c3cc(Cl)ccc3OCCN)CC2)C(=O)O1.Cl.Cl. The molecule has 2 heterocycles. The van der Waals surface area contributed by atoms with Crippen molar-refractivity contribution < 1.29 is 19.1 Å². The van der Waals surface area contributed by atoms with E-state index in [-0.39, 0.29) is 42.8 Å². The highest BCUT2D eigenvalue weighted by molar-refractivity contribution is 6.31. The molecule has 1 aromatic carbocycles. The molecule has 30 heavy (non-hydrogen) atoms. The average molecular weight is 483 g/mol. The number of nitrogens with zero attached hydrogens (tertiary/aromatic N) is 2. The molecule has 0 aromatic heterocycles. The van der Waals surface area contributed by atoms with Gasteiger partial charge in [0.05, 0.1) is 11.0 Å². The molecule has 170 valence electrons. The maximum atomic E-state index is 13.1. The van der Waals surface area contributed by atoms with Crippen LogP contribution in [0.4, 0.5) is 0 Å². The average Bonchev–Trinajstić information content (AvgIpc) is 2.94. The Balaban J connectivity index is 0.00000225. The van der Waals surface area contributed by atoms with Gasteiger partial charge in [-0.3, -0.25) is 9.59 Å². The van der Waals surface area contributed by atoms with Crippen LogP contribution in [0.2, 0.25) is 5.02 Å². The number of carbonyl (C=O) groups is 2. The van der Waals surface area contributed by atoms with Crippen molar-refractivity contribution >= 4 is 48.3 Å². The van der Waals surface area contributed by atoms with Gasteiger partial charge in [0.15, 0.2) is 0 Å². The molecule has 0 bridgehead atoms. The molecule has 0 saturated carbocycles. The largest absolute Gasteiger partial charge is 0.491 e. The number of nitrogens with two attached hydrogens (primary N) is 1. The summed E-state index contributed by atoms with van der Waals surface area (Å²) in [6.07, 6.45) is 1.87. The summed E-state index contributed by atoms with van der Waals surface area (Å²) in [5, 5.41) is 0.475. The molecule has 10 heteroatoms. The number of piperidine rings is 1. The summed E-state index contributed by atoms with van der Waals surface area (Å²) in [7, 11) is 3.94. The zero-order valence-corrected chi connectivity index (χ0v) is 19.7. The van der Waals surface area contributed by atoms with E-state index in [4.69, 9.17) is 26.8 Å². The zero-order chi connectivity index (χ0) is 20.3. The maximum Gasteiger partial charge on any atom is 0.312 e. The Bertz CT molecular complexity index is 740. The number of likely N-dealkylation sites (tertiary alicyclic amines) is 1.